The third kappa shape index (κ3) is 3.34. The molecule has 19 heavy (non-hydrogen) atoms. The first-order chi connectivity index (χ1) is 9.22. The Labute approximate surface area is 119 Å². The van der Waals surface area contributed by atoms with Crippen molar-refractivity contribution in [2.24, 2.45) is 0 Å². The van der Waals surface area contributed by atoms with Crippen LogP contribution in [0.5, 0.6) is 11.5 Å². The number of hydrogen-bond acceptors (Lipinski definition) is 3. The summed E-state index contributed by atoms with van der Waals surface area (Å²) in [7, 11) is 0. The number of nitrogens with zero attached hydrogens (tertiary/aromatic N) is 2. The fourth-order valence-electron chi connectivity index (χ4n) is 1.55. The van der Waals surface area contributed by atoms with Crippen LogP contribution in [0.3, 0.4) is 0 Å². The number of benzene rings is 2. The van der Waals surface area contributed by atoms with Gasteiger partial charge in [0.2, 0.25) is 0 Å². The average Bonchev–Trinajstić information content (AvgIpc) is 2.42. The Morgan fingerprint density at radius 2 is 1.68 bits per heavy atom. The molecule has 2 aromatic rings. The van der Waals surface area contributed by atoms with Gasteiger partial charge in [0.25, 0.3) is 0 Å². The van der Waals surface area contributed by atoms with E-state index in [0.717, 1.165) is 5.56 Å². The first-order valence-electron chi connectivity index (χ1n) is 5.56. The van der Waals surface area contributed by atoms with E-state index in [2.05, 4.69) is 28.1 Å². The number of hydrogen-bond donors (Lipinski definition) is 0. The standard InChI is InChI=1S/C15H9BrN2O/c16-15-9-14(6-3-12(15)10-18)19-13-4-1-11(2-5-13)7-8-17/h1-6,9H,7H2. The van der Waals surface area contributed by atoms with Crippen LogP contribution in [0.15, 0.2) is 46.9 Å². The lowest BCUT2D eigenvalue weighted by molar-refractivity contribution is 0.482. The summed E-state index contributed by atoms with van der Waals surface area (Å²) >= 11 is 3.31. The van der Waals surface area contributed by atoms with Crippen LogP contribution < -0.4 is 4.74 Å². The van der Waals surface area contributed by atoms with Gasteiger partial charge < -0.3 is 4.74 Å². The van der Waals surface area contributed by atoms with Crippen LogP contribution in [0.1, 0.15) is 11.1 Å². The molecule has 0 aliphatic rings. The predicted octanol–water partition coefficient (Wildman–Crippen LogP) is 4.18. The second kappa shape index (κ2) is 6.04. The number of halogens is 1. The third-order valence-corrected chi connectivity index (χ3v) is 3.16. The van der Waals surface area contributed by atoms with Crippen LogP contribution in [0.25, 0.3) is 0 Å². The molecule has 0 aromatic heterocycles. The van der Waals surface area contributed by atoms with Crippen LogP contribution in [0.4, 0.5) is 0 Å². The zero-order valence-corrected chi connectivity index (χ0v) is 11.5. The molecule has 0 aliphatic carbocycles. The Balaban J connectivity index is 2.15. The average molecular weight is 313 g/mol. The van der Waals surface area contributed by atoms with Gasteiger partial charge in [-0.15, -0.1) is 0 Å². The zero-order valence-electron chi connectivity index (χ0n) is 9.93. The van der Waals surface area contributed by atoms with Gasteiger partial charge in [0.05, 0.1) is 18.1 Å². The number of nitriles is 2. The van der Waals surface area contributed by atoms with Gasteiger partial charge in [-0.3, -0.25) is 0 Å². The molecule has 0 saturated heterocycles. The Morgan fingerprint density at radius 1 is 1.00 bits per heavy atom. The molecule has 0 spiro atoms. The SMILES string of the molecule is N#CCc1ccc(Oc2ccc(C#N)c(Br)c2)cc1. The van der Waals surface area contributed by atoms with Crippen molar-refractivity contribution in [1.82, 2.24) is 0 Å². The largest absolute Gasteiger partial charge is 0.457 e. The summed E-state index contributed by atoms with van der Waals surface area (Å²) in [4.78, 5) is 0. The summed E-state index contributed by atoms with van der Waals surface area (Å²) < 4.78 is 6.37. The van der Waals surface area contributed by atoms with E-state index in [1.807, 2.05) is 24.3 Å². The van der Waals surface area contributed by atoms with Gasteiger partial charge in [-0.05, 0) is 51.8 Å². The summed E-state index contributed by atoms with van der Waals surface area (Å²) in [6.07, 6.45) is 0.392. The molecular formula is C15H9BrN2O. The summed E-state index contributed by atoms with van der Waals surface area (Å²) in [5.74, 6) is 1.34. The second-order valence-electron chi connectivity index (χ2n) is 3.83. The molecule has 0 atom stereocenters. The van der Waals surface area contributed by atoms with Crippen LogP contribution in [0, 0.1) is 22.7 Å². The van der Waals surface area contributed by atoms with Gasteiger partial charge in [-0.2, -0.15) is 10.5 Å². The van der Waals surface area contributed by atoms with E-state index in [1.165, 1.54) is 0 Å². The van der Waals surface area contributed by atoms with E-state index < -0.39 is 0 Å². The highest BCUT2D eigenvalue weighted by Crippen LogP contribution is 2.27. The van der Waals surface area contributed by atoms with E-state index in [4.69, 9.17) is 15.3 Å². The summed E-state index contributed by atoms with van der Waals surface area (Å²) in [6.45, 7) is 0. The van der Waals surface area contributed by atoms with Crippen molar-refractivity contribution >= 4 is 15.9 Å². The van der Waals surface area contributed by atoms with E-state index in [1.54, 1.807) is 18.2 Å². The van der Waals surface area contributed by atoms with Crippen LogP contribution in [-0.4, -0.2) is 0 Å². The van der Waals surface area contributed by atoms with E-state index in [0.29, 0.717) is 28.0 Å². The monoisotopic (exact) mass is 312 g/mol. The van der Waals surface area contributed by atoms with Gasteiger partial charge in [0.1, 0.15) is 17.6 Å². The quantitative estimate of drug-likeness (QED) is 0.854. The molecule has 2 aromatic carbocycles. The van der Waals surface area contributed by atoms with Crippen LogP contribution >= 0.6 is 15.9 Å². The maximum Gasteiger partial charge on any atom is 0.128 e. The third-order valence-electron chi connectivity index (χ3n) is 2.50. The van der Waals surface area contributed by atoms with Crippen LogP contribution in [0.2, 0.25) is 0 Å². The van der Waals surface area contributed by atoms with Crippen molar-refractivity contribution in [2.75, 3.05) is 0 Å². The molecule has 0 N–H and O–H groups in total. The molecule has 2 rings (SSSR count). The van der Waals surface area contributed by atoms with Crippen molar-refractivity contribution in [3.05, 3.63) is 58.1 Å². The molecule has 0 fully saturated rings. The molecule has 0 saturated carbocycles. The molecule has 0 unspecified atom stereocenters. The van der Waals surface area contributed by atoms with Gasteiger partial charge in [-0.1, -0.05) is 12.1 Å². The Morgan fingerprint density at radius 3 is 2.26 bits per heavy atom. The van der Waals surface area contributed by atoms with Crippen molar-refractivity contribution in [3.8, 4) is 23.6 Å². The fraction of sp³-hybridized carbons (Fsp3) is 0.0667. The summed E-state index contributed by atoms with van der Waals surface area (Å²) in [5.41, 5.74) is 1.52. The van der Waals surface area contributed by atoms with Gasteiger partial charge in [-0.25, -0.2) is 0 Å². The lowest BCUT2D eigenvalue weighted by Gasteiger charge is -2.07. The first kappa shape index (κ1) is 13.1. The Hall–Kier alpha value is -2.30. The smallest absolute Gasteiger partial charge is 0.128 e. The molecule has 4 heteroatoms. The summed E-state index contributed by atoms with van der Waals surface area (Å²) in [5, 5.41) is 17.4. The van der Waals surface area contributed by atoms with E-state index in [-0.39, 0.29) is 0 Å². The fourth-order valence-corrected chi connectivity index (χ4v) is 2.00. The van der Waals surface area contributed by atoms with Crippen LogP contribution in [-0.2, 0) is 6.42 Å². The topological polar surface area (TPSA) is 56.8 Å². The molecule has 0 bridgehead atoms. The highest BCUT2D eigenvalue weighted by atomic mass is 79.9. The second-order valence-corrected chi connectivity index (χ2v) is 4.69. The minimum atomic E-state index is 0.392. The number of rotatable bonds is 3. The Bertz CT molecular complexity index is 666. The minimum Gasteiger partial charge on any atom is -0.457 e. The zero-order chi connectivity index (χ0) is 13.7. The maximum atomic E-state index is 8.83. The highest BCUT2D eigenvalue weighted by Gasteiger charge is 2.03. The normalized spacial score (nSPS) is 9.42. The van der Waals surface area contributed by atoms with E-state index >= 15 is 0 Å². The Kier molecular flexibility index (Phi) is 4.18. The molecule has 0 amide bonds. The van der Waals surface area contributed by atoms with Gasteiger partial charge >= 0.3 is 0 Å². The summed E-state index contributed by atoms with van der Waals surface area (Å²) in [6, 6.07) is 16.7. The molecular weight excluding hydrogens is 304 g/mol. The lowest BCUT2D eigenvalue weighted by Crippen LogP contribution is -1.87. The molecule has 0 radical (unpaired) electrons. The predicted molar refractivity (Wildman–Crippen MR) is 74.7 cm³/mol. The van der Waals surface area contributed by atoms with E-state index in [9.17, 15) is 0 Å². The maximum absolute atomic E-state index is 8.83. The lowest BCUT2D eigenvalue weighted by atomic mass is 10.2. The molecule has 92 valence electrons. The van der Waals surface area contributed by atoms with Crippen molar-refractivity contribution in [3.63, 3.8) is 0 Å². The first-order valence-corrected chi connectivity index (χ1v) is 6.35. The van der Waals surface area contributed by atoms with Crippen molar-refractivity contribution in [1.29, 1.82) is 10.5 Å². The number of ether oxygens (including phenoxy) is 1. The van der Waals surface area contributed by atoms with Crippen molar-refractivity contribution in [2.45, 2.75) is 6.42 Å². The van der Waals surface area contributed by atoms with Gasteiger partial charge in [0.15, 0.2) is 0 Å². The highest BCUT2D eigenvalue weighted by molar-refractivity contribution is 9.10. The molecule has 0 heterocycles. The minimum absolute atomic E-state index is 0.392. The molecule has 3 nitrogen and oxygen atoms in total. The van der Waals surface area contributed by atoms with Gasteiger partial charge in [0, 0.05) is 4.47 Å². The van der Waals surface area contributed by atoms with Crippen molar-refractivity contribution < 1.29 is 4.74 Å². The molecule has 0 aliphatic heterocycles.